The molecule has 6 nitrogen and oxygen atoms in total. The summed E-state index contributed by atoms with van der Waals surface area (Å²) < 4.78 is 2.60. The van der Waals surface area contributed by atoms with E-state index in [1.165, 1.54) is 53.6 Å². The topological polar surface area (TPSA) is 129 Å². The molecule has 8 N–H and O–H groups in total. The number of benzene rings is 4. The third kappa shape index (κ3) is 6.56. The van der Waals surface area contributed by atoms with Crippen LogP contribution in [-0.4, -0.2) is 25.0 Å². The second-order valence-corrected chi connectivity index (χ2v) is 10.8. The second kappa shape index (κ2) is 12.0. The molecular formula is C32H34N6S. The van der Waals surface area contributed by atoms with Crippen LogP contribution >= 0.6 is 11.3 Å². The minimum atomic E-state index is 0.149. The number of aryl methyl sites for hydroxylation is 2. The Hall–Kier alpha value is -4.36. The molecule has 1 aromatic heterocycles. The SMILES string of the molecule is NC(N)=NCCCc1cccc(-c2ccc3sc4ccc(-c5cccc(CCCN=C(N)N)c5)cc4c3c2)c1. The van der Waals surface area contributed by atoms with Crippen molar-refractivity contribution in [2.75, 3.05) is 13.1 Å². The summed E-state index contributed by atoms with van der Waals surface area (Å²) in [5, 5.41) is 2.59. The molecule has 5 rings (SSSR count). The maximum Gasteiger partial charge on any atom is 0.185 e. The van der Waals surface area contributed by atoms with E-state index >= 15 is 0 Å². The normalized spacial score (nSPS) is 11.1. The van der Waals surface area contributed by atoms with Crippen LogP contribution in [0.5, 0.6) is 0 Å². The zero-order valence-corrected chi connectivity index (χ0v) is 22.8. The molecule has 0 bridgehead atoms. The van der Waals surface area contributed by atoms with Crippen molar-refractivity contribution in [3.8, 4) is 22.3 Å². The van der Waals surface area contributed by atoms with E-state index < -0.39 is 0 Å². The molecule has 0 atom stereocenters. The molecule has 0 radical (unpaired) electrons. The standard InChI is InChI=1S/C32H34N6S/c33-31(34)37-15-3-7-21-5-1-9-23(17-21)25-11-13-29-27(19-25)28-20-26(12-14-30(28)39-29)24-10-2-6-22(18-24)8-4-16-38-32(35)36/h1-2,5-6,9-14,17-20H,3-4,7-8,15-16H2,(H4,33,34,37)(H4,35,36,38). The van der Waals surface area contributed by atoms with Gasteiger partial charge in [-0.25, -0.2) is 0 Å². The maximum absolute atomic E-state index is 5.45. The van der Waals surface area contributed by atoms with E-state index in [-0.39, 0.29) is 11.9 Å². The van der Waals surface area contributed by atoms with Gasteiger partial charge < -0.3 is 22.9 Å². The Morgan fingerprint density at radius 3 is 1.41 bits per heavy atom. The highest BCUT2D eigenvalue weighted by Gasteiger charge is 2.10. The summed E-state index contributed by atoms with van der Waals surface area (Å²) in [7, 11) is 0. The van der Waals surface area contributed by atoms with E-state index in [1.807, 2.05) is 11.3 Å². The van der Waals surface area contributed by atoms with Crippen molar-refractivity contribution >= 4 is 43.4 Å². The molecule has 0 saturated heterocycles. The summed E-state index contributed by atoms with van der Waals surface area (Å²) in [4.78, 5) is 8.19. The minimum absolute atomic E-state index is 0.149. The van der Waals surface area contributed by atoms with Crippen molar-refractivity contribution < 1.29 is 0 Å². The first-order chi connectivity index (χ1) is 19.0. The highest BCUT2D eigenvalue weighted by Crippen LogP contribution is 2.38. The number of rotatable bonds is 10. The molecule has 39 heavy (non-hydrogen) atoms. The minimum Gasteiger partial charge on any atom is -0.370 e. The van der Waals surface area contributed by atoms with Gasteiger partial charge in [-0.15, -0.1) is 11.3 Å². The molecule has 198 valence electrons. The summed E-state index contributed by atoms with van der Waals surface area (Å²) in [5.74, 6) is 0.297. The lowest BCUT2D eigenvalue weighted by Gasteiger charge is -2.07. The van der Waals surface area contributed by atoms with E-state index in [1.54, 1.807) is 0 Å². The van der Waals surface area contributed by atoms with Crippen molar-refractivity contribution in [1.29, 1.82) is 0 Å². The quantitative estimate of drug-likeness (QED) is 0.102. The first kappa shape index (κ1) is 26.3. The van der Waals surface area contributed by atoms with Gasteiger partial charge in [0, 0.05) is 33.3 Å². The van der Waals surface area contributed by atoms with Crippen LogP contribution in [-0.2, 0) is 12.8 Å². The van der Waals surface area contributed by atoms with Gasteiger partial charge >= 0.3 is 0 Å². The van der Waals surface area contributed by atoms with Crippen LogP contribution in [0.3, 0.4) is 0 Å². The Balaban J connectivity index is 1.41. The zero-order valence-electron chi connectivity index (χ0n) is 21.9. The Bertz CT molecular complexity index is 1540. The summed E-state index contributed by atoms with van der Waals surface area (Å²) in [6.07, 6.45) is 3.70. The summed E-state index contributed by atoms with van der Waals surface area (Å²) in [6, 6.07) is 31.1. The Morgan fingerprint density at radius 1 is 0.538 bits per heavy atom. The molecule has 1 heterocycles. The maximum atomic E-state index is 5.45. The largest absolute Gasteiger partial charge is 0.370 e. The second-order valence-electron chi connectivity index (χ2n) is 9.74. The number of guanidine groups is 2. The predicted molar refractivity (Wildman–Crippen MR) is 168 cm³/mol. The van der Waals surface area contributed by atoms with Crippen LogP contribution in [0.15, 0.2) is 94.9 Å². The highest BCUT2D eigenvalue weighted by molar-refractivity contribution is 7.25. The van der Waals surface area contributed by atoms with E-state index in [9.17, 15) is 0 Å². The fraction of sp³-hybridized carbons (Fsp3) is 0.188. The highest BCUT2D eigenvalue weighted by atomic mass is 32.1. The number of thiophene rings is 1. The molecule has 0 unspecified atom stereocenters. The van der Waals surface area contributed by atoms with Crippen LogP contribution in [0.1, 0.15) is 24.0 Å². The van der Waals surface area contributed by atoms with Gasteiger partial charge in [0.15, 0.2) is 11.9 Å². The summed E-state index contributed by atoms with van der Waals surface area (Å²) in [5.41, 5.74) is 29.2. The Labute approximate surface area is 233 Å². The van der Waals surface area contributed by atoms with Crippen molar-refractivity contribution in [3.05, 3.63) is 96.1 Å². The smallest absolute Gasteiger partial charge is 0.185 e. The van der Waals surface area contributed by atoms with E-state index in [2.05, 4.69) is 94.9 Å². The van der Waals surface area contributed by atoms with Gasteiger partial charge in [-0.3, -0.25) is 9.98 Å². The number of fused-ring (bicyclic) bond motifs is 3. The van der Waals surface area contributed by atoms with Gasteiger partial charge in [-0.2, -0.15) is 0 Å². The van der Waals surface area contributed by atoms with Crippen LogP contribution in [0, 0.1) is 0 Å². The van der Waals surface area contributed by atoms with Crippen LogP contribution in [0.25, 0.3) is 42.4 Å². The molecule has 0 saturated carbocycles. The molecule has 0 aliphatic rings. The number of hydrogen-bond acceptors (Lipinski definition) is 3. The first-order valence-electron chi connectivity index (χ1n) is 13.2. The molecule has 0 aliphatic heterocycles. The Kier molecular flexibility index (Phi) is 8.08. The zero-order chi connectivity index (χ0) is 27.2. The third-order valence-electron chi connectivity index (χ3n) is 6.83. The molecule has 7 heteroatoms. The van der Waals surface area contributed by atoms with E-state index in [0.29, 0.717) is 13.1 Å². The number of hydrogen-bond donors (Lipinski definition) is 4. The van der Waals surface area contributed by atoms with Crippen LogP contribution in [0.2, 0.25) is 0 Å². The molecule has 0 spiro atoms. The van der Waals surface area contributed by atoms with Crippen molar-refractivity contribution in [2.45, 2.75) is 25.7 Å². The lowest BCUT2D eigenvalue weighted by molar-refractivity contribution is 0.831. The molecule has 0 amide bonds. The first-order valence-corrected chi connectivity index (χ1v) is 14.0. The lowest BCUT2D eigenvalue weighted by Crippen LogP contribution is -2.23. The average Bonchev–Trinajstić information content (AvgIpc) is 3.31. The fourth-order valence-electron chi connectivity index (χ4n) is 4.93. The van der Waals surface area contributed by atoms with E-state index in [4.69, 9.17) is 22.9 Å². The van der Waals surface area contributed by atoms with Gasteiger partial charge in [-0.05, 0) is 83.3 Å². The van der Waals surface area contributed by atoms with Gasteiger partial charge in [0.05, 0.1) is 0 Å². The average molecular weight is 535 g/mol. The van der Waals surface area contributed by atoms with Crippen LogP contribution in [0.4, 0.5) is 0 Å². The van der Waals surface area contributed by atoms with Gasteiger partial charge in [0.25, 0.3) is 0 Å². The van der Waals surface area contributed by atoms with Crippen molar-refractivity contribution in [2.24, 2.45) is 32.9 Å². The third-order valence-corrected chi connectivity index (χ3v) is 7.98. The number of aliphatic imine (C=N–C) groups is 2. The molecule has 0 aliphatic carbocycles. The monoisotopic (exact) mass is 534 g/mol. The van der Waals surface area contributed by atoms with Gasteiger partial charge in [0.2, 0.25) is 0 Å². The Morgan fingerprint density at radius 2 is 0.974 bits per heavy atom. The number of nitrogens with two attached hydrogens (primary N) is 4. The predicted octanol–water partition coefficient (Wildman–Crippen LogP) is 5.80. The molecular weight excluding hydrogens is 500 g/mol. The molecule has 5 aromatic rings. The van der Waals surface area contributed by atoms with E-state index in [0.717, 1.165) is 25.7 Å². The molecule has 0 fully saturated rings. The van der Waals surface area contributed by atoms with Crippen LogP contribution < -0.4 is 22.9 Å². The lowest BCUT2D eigenvalue weighted by atomic mass is 9.97. The fourth-order valence-corrected chi connectivity index (χ4v) is 6.00. The van der Waals surface area contributed by atoms with Crippen molar-refractivity contribution in [1.82, 2.24) is 0 Å². The molecule has 4 aromatic carbocycles. The van der Waals surface area contributed by atoms with Gasteiger partial charge in [0.1, 0.15) is 0 Å². The van der Waals surface area contributed by atoms with Crippen molar-refractivity contribution in [3.63, 3.8) is 0 Å². The van der Waals surface area contributed by atoms with Gasteiger partial charge in [-0.1, -0.05) is 60.7 Å². The summed E-state index contributed by atoms with van der Waals surface area (Å²) in [6.45, 7) is 1.28. The number of nitrogens with zero attached hydrogens (tertiary/aromatic N) is 2. The summed E-state index contributed by atoms with van der Waals surface area (Å²) >= 11 is 1.84.